The molecule has 0 spiro atoms. The highest BCUT2D eigenvalue weighted by Gasteiger charge is 2.30. The van der Waals surface area contributed by atoms with Crippen LogP contribution in [0, 0.1) is 0 Å². The molecule has 206 valence electrons. The third-order valence-electron chi connectivity index (χ3n) is 4.99. The number of carbonyl (C=O) groups is 5. The number of hydrogen-bond acceptors (Lipinski definition) is 9. The largest absolute Gasteiger partial charge is 0.480 e. The highest BCUT2D eigenvalue weighted by molar-refractivity contribution is 7.80. The smallest absolute Gasteiger partial charge is 0.326 e. The van der Waals surface area contributed by atoms with E-state index < -0.39 is 53.8 Å². The molecule has 14 N–H and O–H groups in total. The Morgan fingerprint density at radius 1 is 0.806 bits per heavy atom. The second kappa shape index (κ2) is 18.2. The van der Waals surface area contributed by atoms with Crippen LogP contribution in [0.5, 0.6) is 0 Å². The van der Waals surface area contributed by atoms with E-state index in [-0.39, 0.29) is 43.9 Å². The van der Waals surface area contributed by atoms with Crippen molar-refractivity contribution in [3.63, 3.8) is 0 Å². The summed E-state index contributed by atoms with van der Waals surface area (Å²) >= 11 is 3.96. The van der Waals surface area contributed by atoms with E-state index in [2.05, 4.69) is 33.6 Å². The van der Waals surface area contributed by atoms with Crippen LogP contribution in [0.3, 0.4) is 0 Å². The van der Waals surface area contributed by atoms with Gasteiger partial charge in [-0.05, 0) is 45.1 Å². The number of primary amides is 1. The van der Waals surface area contributed by atoms with Gasteiger partial charge in [-0.2, -0.15) is 12.6 Å². The number of unbranched alkanes of at least 4 members (excludes halogenated alkanes) is 1. The normalized spacial score (nSPS) is 14.0. The number of carbonyl (C=O) groups excluding carboxylic acids is 4. The number of aliphatic imine (C=N–C) groups is 1. The first-order valence-corrected chi connectivity index (χ1v) is 12.1. The Morgan fingerprint density at radius 3 is 1.83 bits per heavy atom. The molecule has 36 heavy (non-hydrogen) atoms. The zero-order valence-electron chi connectivity index (χ0n) is 20.2. The summed E-state index contributed by atoms with van der Waals surface area (Å²) in [6.45, 7) is 0.542. The van der Waals surface area contributed by atoms with Crippen LogP contribution in [-0.4, -0.2) is 83.7 Å². The summed E-state index contributed by atoms with van der Waals surface area (Å²) in [6, 6.07) is -4.63. The van der Waals surface area contributed by atoms with Crippen LogP contribution < -0.4 is 44.6 Å². The molecule has 0 saturated heterocycles. The van der Waals surface area contributed by atoms with Crippen molar-refractivity contribution in [1.82, 2.24) is 16.0 Å². The summed E-state index contributed by atoms with van der Waals surface area (Å²) in [7, 11) is 0. The molecule has 0 aromatic carbocycles. The van der Waals surface area contributed by atoms with E-state index in [0.717, 1.165) is 0 Å². The van der Waals surface area contributed by atoms with Gasteiger partial charge in [0.2, 0.25) is 23.6 Å². The van der Waals surface area contributed by atoms with Crippen molar-refractivity contribution in [2.24, 2.45) is 33.7 Å². The molecule has 0 rings (SSSR count). The quantitative estimate of drug-likeness (QED) is 0.0334. The van der Waals surface area contributed by atoms with Gasteiger partial charge in [-0.1, -0.05) is 0 Å². The number of amides is 4. The van der Waals surface area contributed by atoms with Crippen LogP contribution in [0.25, 0.3) is 0 Å². The molecule has 0 fully saturated rings. The van der Waals surface area contributed by atoms with Gasteiger partial charge in [-0.3, -0.25) is 24.2 Å². The lowest BCUT2D eigenvalue weighted by Gasteiger charge is -2.25. The minimum absolute atomic E-state index is 0.0263. The molecule has 0 aromatic rings. The molecule has 0 aliphatic carbocycles. The Morgan fingerprint density at radius 2 is 1.33 bits per heavy atom. The van der Waals surface area contributed by atoms with Crippen LogP contribution in [0.15, 0.2) is 4.99 Å². The van der Waals surface area contributed by atoms with E-state index in [4.69, 9.17) is 28.7 Å². The van der Waals surface area contributed by atoms with E-state index in [9.17, 15) is 29.1 Å². The monoisotopic (exact) mass is 533 g/mol. The van der Waals surface area contributed by atoms with Crippen molar-refractivity contribution in [2.75, 3.05) is 18.8 Å². The Bertz CT molecular complexity index is 779. The number of carboxylic acid groups (broad SMARTS) is 1. The van der Waals surface area contributed by atoms with Crippen molar-refractivity contribution in [3.8, 4) is 0 Å². The molecule has 0 bridgehead atoms. The number of hydrogen-bond donors (Lipinski definition) is 10. The van der Waals surface area contributed by atoms with Crippen molar-refractivity contribution in [1.29, 1.82) is 0 Å². The van der Waals surface area contributed by atoms with Crippen molar-refractivity contribution >= 4 is 48.2 Å². The molecule has 0 saturated carbocycles. The molecule has 0 aliphatic rings. The summed E-state index contributed by atoms with van der Waals surface area (Å²) < 4.78 is 0. The summed E-state index contributed by atoms with van der Waals surface area (Å²) in [5.41, 5.74) is 26.8. The second-order valence-electron chi connectivity index (χ2n) is 8.05. The van der Waals surface area contributed by atoms with Crippen molar-refractivity contribution in [2.45, 2.75) is 69.1 Å². The topological polar surface area (TPSA) is 284 Å². The summed E-state index contributed by atoms with van der Waals surface area (Å²) in [5.74, 6) is -4.30. The lowest BCUT2D eigenvalue weighted by Crippen LogP contribution is -2.57. The van der Waals surface area contributed by atoms with E-state index in [1.807, 2.05) is 0 Å². The predicted molar refractivity (Wildman–Crippen MR) is 137 cm³/mol. The number of nitrogens with two attached hydrogens (primary N) is 5. The molecule has 16 heteroatoms. The molecule has 0 radical (unpaired) electrons. The molecule has 0 heterocycles. The van der Waals surface area contributed by atoms with Crippen LogP contribution in [0.4, 0.5) is 0 Å². The number of aliphatic carboxylic acids is 1. The molecule has 15 nitrogen and oxygen atoms in total. The molecule has 0 aliphatic heterocycles. The standard InChI is InChI=1S/C20H39N9O6S/c21-8-2-1-4-14(19(34)35)29-18(33)13(6-7-15(23)30)28-17(32)12(5-3-9-26-20(24)25)27-16(31)11(22)10-36/h11-14,36H,1-10,21-22H2,(H2,23,30)(H,27,31)(H,28,32)(H,29,33)(H,34,35)(H4,24,25,26). The van der Waals surface area contributed by atoms with Gasteiger partial charge >= 0.3 is 5.97 Å². The summed E-state index contributed by atoms with van der Waals surface area (Å²) in [5, 5.41) is 16.7. The maximum absolute atomic E-state index is 13.0. The molecule has 4 atom stereocenters. The summed E-state index contributed by atoms with van der Waals surface area (Å²) in [4.78, 5) is 64.8. The van der Waals surface area contributed by atoms with Gasteiger partial charge in [-0.15, -0.1) is 0 Å². The fourth-order valence-corrected chi connectivity index (χ4v) is 3.15. The first-order chi connectivity index (χ1) is 16.9. The minimum Gasteiger partial charge on any atom is -0.480 e. The van der Waals surface area contributed by atoms with Gasteiger partial charge in [0.25, 0.3) is 0 Å². The van der Waals surface area contributed by atoms with Gasteiger partial charge in [0.1, 0.15) is 18.1 Å². The number of rotatable bonds is 19. The average molecular weight is 534 g/mol. The van der Waals surface area contributed by atoms with Gasteiger partial charge in [-0.25, -0.2) is 4.79 Å². The zero-order chi connectivity index (χ0) is 27.7. The Labute approximate surface area is 215 Å². The van der Waals surface area contributed by atoms with Gasteiger partial charge < -0.3 is 49.7 Å². The third-order valence-corrected chi connectivity index (χ3v) is 5.38. The van der Waals surface area contributed by atoms with Crippen LogP contribution in [0.2, 0.25) is 0 Å². The average Bonchev–Trinajstić information content (AvgIpc) is 2.81. The van der Waals surface area contributed by atoms with E-state index in [1.165, 1.54) is 0 Å². The fourth-order valence-electron chi connectivity index (χ4n) is 2.98. The second-order valence-corrected chi connectivity index (χ2v) is 8.41. The van der Waals surface area contributed by atoms with E-state index >= 15 is 0 Å². The third kappa shape index (κ3) is 14.3. The lowest BCUT2D eigenvalue weighted by atomic mass is 10.1. The van der Waals surface area contributed by atoms with E-state index in [0.29, 0.717) is 25.8 Å². The molecule has 4 unspecified atom stereocenters. The first kappa shape index (κ1) is 32.9. The van der Waals surface area contributed by atoms with Crippen molar-refractivity contribution in [3.05, 3.63) is 0 Å². The number of nitrogens with one attached hydrogen (secondary N) is 3. The number of nitrogens with zero attached hydrogens (tertiary/aromatic N) is 1. The Balaban J connectivity index is 5.57. The maximum Gasteiger partial charge on any atom is 0.326 e. The maximum atomic E-state index is 13.0. The highest BCUT2D eigenvalue weighted by atomic mass is 32.1. The minimum atomic E-state index is -1.29. The predicted octanol–water partition coefficient (Wildman–Crippen LogP) is -3.77. The van der Waals surface area contributed by atoms with Gasteiger partial charge in [0.15, 0.2) is 5.96 Å². The Kier molecular flexibility index (Phi) is 16.6. The number of carboxylic acids is 1. The van der Waals surface area contributed by atoms with Gasteiger partial charge in [0.05, 0.1) is 6.04 Å². The number of thiol groups is 1. The van der Waals surface area contributed by atoms with Crippen LogP contribution >= 0.6 is 12.6 Å². The molecule has 0 aromatic heterocycles. The molecule has 4 amide bonds. The highest BCUT2D eigenvalue weighted by Crippen LogP contribution is 2.06. The Hall–Kier alpha value is -3.11. The van der Waals surface area contributed by atoms with E-state index in [1.54, 1.807) is 0 Å². The SMILES string of the molecule is NCCCCC(NC(=O)C(CCC(N)=O)NC(=O)C(CCCN=C(N)N)NC(=O)C(N)CS)C(=O)O. The summed E-state index contributed by atoms with van der Waals surface area (Å²) in [6.07, 6.45) is 1.10. The van der Waals surface area contributed by atoms with Crippen LogP contribution in [-0.2, 0) is 24.0 Å². The fraction of sp³-hybridized carbons (Fsp3) is 0.700. The zero-order valence-corrected chi connectivity index (χ0v) is 21.0. The van der Waals surface area contributed by atoms with Gasteiger partial charge in [0, 0.05) is 18.7 Å². The first-order valence-electron chi connectivity index (χ1n) is 11.5. The molecular weight excluding hydrogens is 494 g/mol. The lowest BCUT2D eigenvalue weighted by molar-refractivity contribution is -0.142. The number of guanidine groups is 1. The molecular formula is C20H39N9O6S. The van der Waals surface area contributed by atoms with Crippen molar-refractivity contribution < 1.29 is 29.1 Å². The van der Waals surface area contributed by atoms with Crippen LogP contribution in [0.1, 0.15) is 44.9 Å².